The Labute approximate surface area is 97.1 Å². The SMILES string of the molecule is CC(=O)N(C)C(C)CNC(=O)OC(C)(C)C. The van der Waals surface area contributed by atoms with E-state index in [2.05, 4.69) is 5.32 Å². The number of hydrogen-bond donors (Lipinski definition) is 1. The van der Waals surface area contributed by atoms with Gasteiger partial charge in [-0.05, 0) is 27.7 Å². The number of hydrogen-bond acceptors (Lipinski definition) is 3. The molecular weight excluding hydrogens is 208 g/mol. The second-order valence-electron chi connectivity index (χ2n) is 4.86. The number of nitrogens with zero attached hydrogens (tertiary/aromatic N) is 1. The standard InChI is InChI=1S/C11H22N2O3/c1-8(13(6)9(2)14)7-12-10(15)16-11(3,4)5/h8H,7H2,1-6H3,(H,12,15). The molecule has 0 bridgehead atoms. The van der Waals surface area contributed by atoms with Gasteiger partial charge < -0.3 is 15.0 Å². The molecule has 0 aliphatic carbocycles. The lowest BCUT2D eigenvalue weighted by Gasteiger charge is -2.25. The summed E-state index contributed by atoms with van der Waals surface area (Å²) < 4.78 is 5.07. The molecule has 5 heteroatoms. The van der Waals surface area contributed by atoms with Crippen LogP contribution >= 0.6 is 0 Å². The number of amides is 2. The molecule has 16 heavy (non-hydrogen) atoms. The van der Waals surface area contributed by atoms with E-state index < -0.39 is 11.7 Å². The van der Waals surface area contributed by atoms with Crippen LogP contribution in [0, 0.1) is 0 Å². The largest absolute Gasteiger partial charge is 0.444 e. The summed E-state index contributed by atoms with van der Waals surface area (Å²) in [6.45, 7) is 9.14. The average Bonchev–Trinajstić information content (AvgIpc) is 2.09. The highest BCUT2D eigenvalue weighted by atomic mass is 16.6. The van der Waals surface area contributed by atoms with Crippen molar-refractivity contribution in [3.8, 4) is 0 Å². The van der Waals surface area contributed by atoms with Crippen molar-refractivity contribution in [1.29, 1.82) is 0 Å². The van der Waals surface area contributed by atoms with Gasteiger partial charge in [0.1, 0.15) is 5.60 Å². The van der Waals surface area contributed by atoms with Crippen LogP contribution < -0.4 is 5.32 Å². The lowest BCUT2D eigenvalue weighted by molar-refractivity contribution is -0.129. The van der Waals surface area contributed by atoms with Gasteiger partial charge in [-0.25, -0.2) is 4.79 Å². The molecule has 1 atom stereocenters. The predicted molar refractivity (Wildman–Crippen MR) is 62.1 cm³/mol. The maximum absolute atomic E-state index is 11.3. The molecule has 0 rings (SSSR count). The summed E-state index contributed by atoms with van der Waals surface area (Å²) in [5.41, 5.74) is -0.500. The number of carbonyl (C=O) groups is 2. The van der Waals surface area contributed by atoms with Crippen LogP contribution in [-0.4, -0.2) is 42.1 Å². The van der Waals surface area contributed by atoms with Gasteiger partial charge in [-0.2, -0.15) is 0 Å². The van der Waals surface area contributed by atoms with Crippen LogP contribution in [0.5, 0.6) is 0 Å². The minimum Gasteiger partial charge on any atom is -0.444 e. The molecule has 5 nitrogen and oxygen atoms in total. The van der Waals surface area contributed by atoms with E-state index in [0.29, 0.717) is 6.54 Å². The first kappa shape index (κ1) is 14.7. The van der Waals surface area contributed by atoms with Crippen molar-refractivity contribution in [3.63, 3.8) is 0 Å². The molecule has 0 aromatic rings. The van der Waals surface area contributed by atoms with Crippen molar-refractivity contribution in [2.75, 3.05) is 13.6 Å². The summed E-state index contributed by atoms with van der Waals surface area (Å²) in [6.07, 6.45) is -0.462. The fourth-order valence-electron chi connectivity index (χ4n) is 0.993. The van der Waals surface area contributed by atoms with E-state index in [1.165, 1.54) is 6.92 Å². The number of ether oxygens (including phenoxy) is 1. The van der Waals surface area contributed by atoms with Gasteiger partial charge in [0, 0.05) is 26.6 Å². The first-order chi connectivity index (χ1) is 7.13. The Hall–Kier alpha value is -1.26. The minimum atomic E-state index is -0.500. The average molecular weight is 230 g/mol. The van der Waals surface area contributed by atoms with Crippen molar-refractivity contribution >= 4 is 12.0 Å². The second kappa shape index (κ2) is 5.72. The summed E-state index contributed by atoms with van der Waals surface area (Å²) in [5, 5.41) is 2.62. The molecule has 0 aromatic heterocycles. The summed E-state index contributed by atoms with van der Waals surface area (Å²) in [4.78, 5) is 23.9. The lowest BCUT2D eigenvalue weighted by atomic mass is 10.2. The quantitative estimate of drug-likeness (QED) is 0.796. The highest BCUT2D eigenvalue weighted by molar-refractivity contribution is 5.73. The Kier molecular flexibility index (Phi) is 5.27. The monoisotopic (exact) mass is 230 g/mol. The second-order valence-corrected chi connectivity index (χ2v) is 4.86. The molecule has 0 spiro atoms. The molecule has 0 aliphatic rings. The van der Waals surface area contributed by atoms with Crippen LogP contribution in [0.3, 0.4) is 0 Å². The fraction of sp³-hybridized carbons (Fsp3) is 0.818. The Morgan fingerprint density at radius 3 is 2.25 bits per heavy atom. The maximum atomic E-state index is 11.3. The van der Waals surface area contributed by atoms with Crippen molar-refractivity contribution in [3.05, 3.63) is 0 Å². The molecule has 2 amide bonds. The molecule has 0 aromatic carbocycles. The topological polar surface area (TPSA) is 58.6 Å². The van der Waals surface area contributed by atoms with Crippen LogP contribution in [0.2, 0.25) is 0 Å². The highest BCUT2D eigenvalue weighted by Crippen LogP contribution is 2.06. The number of alkyl carbamates (subject to hydrolysis) is 1. The van der Waals surface area contributed by atoms with E-state index in [9.17, 15) is 9.59 Å². The molecule has 94 valence electrons. The van der Waals surface area contributed by atoms with E-state index in [4.69, 9.17) is 4.74 Å². The molecule has 0 aliphatic heterocycles. The minimum absolute atomic E-state index is 0.0292. The van der Waals surface area contributed by atoms with Gasteiger partial charge in [0.25, 0.3) is 0 Å². The Balaban J connectivity index is 3.97. The Morgan fingerprint density at radius 2 is 1.88 bits per heavy atom. The summed E-state index contributed by atoms with van der Waals surface area (Å²) >= 11 is 0. The van der Waals surface area contributed by atoms with Crippen LogP contribution in [-0.2, 0) is 9.53 Å². The number of carbonyl (C=O) groups excluding carboxylic acids is 2. The van der Waals surface area contributed by atoms with Gasteiger partial charge in [0.05, 0.1) is 0 Å². The van der Waals surface area contributed by atoms with E-state index >= 15 is 0 Å². The van der Waals surface area contributed by atoms with Gasteiger partial charge in [-0.15, -0.1) is 0 Å². The predicted octanol–water partition coefficient (Wildman–Crippen LogP) is 1.38. The summed E-state index contributed by atoms with van der Waals surface area (Å²) in [5.74, 6) is -0.0292. The highest BCUT2D eigenvalue weighted by Gasteiger charge is 2.17. The van der Waals surface area contributed by atoms with E-state index in [0.717, 1.165) is 0 Å². The number of nitrogens with one attached hydrogen (secondary N) is 1. The first-order valence-corrected chi connectivity index (χ1v) is 5.33. The molecular formula is C11H22N2O3. The lowest BCUT2D eigenvalue weighted by Crippen LogP contribution is -2.43. The van der Waals surface area contributed by atoms with Crippen molar-refractivity contribution in [1.82, 2.24) is 10.2 Å². The fourth-order valence-corrected chi connectivity index (χ4v) is 0.993. The van der Waals surface area contributed by atoms with E-state index in [1.807, 2.05) is 6.92 Å². The van der Waals surface area contributed by atoms with Gasteiger partial charge in [-0.3, -0.25) is 4.79 Å². The third kappa shape index (κ3) is 6.27. The molecule has 1 unspecified atom stereocenters. The molecule has 0 radical (unpaired) electrons. The van der Waals surface area contributed by atoms with Gasteiger partial charge in [-0.1, -0.05) is 0 Å². The third-order valence-electron chi connectivity index (χ3n) is 2.10. The zero-order chi connectivity index (χ0) is 12.9. The van der Waals surface area contributed by atoms with Crippen molar-refractivity contribution < 1.29 is 14.3 Å². The zero-order valence-electron chi connectivity index (χ0n) is 11.0. The van der Waals surface area contributed by atoms with Crippen molar-refractivity contribution in [2.45, 2.75) is 46.3 Å². The normalized spacial score (nSPS) is 12.9. The van der Waals surface area contributed by atoms with E-state index in [-0.39, 0.29) is 11.9 Å². The van der Waals surface area contributed by atoms with Crippen LogP contribution in [0.15, 0.2) is 0 Å². The number of likely N-dealkylation sites (N-methyl/N-ethyl adjacent to an activating group) is 1. The van der Waals surface area contributed by atoms with Crippen LogP contribution in [0.1, 0.15) is 34.6 Å². The molecule has 0 fully saturated rings. The van der Waals surface area contributed by atoms with Crippen LogP contribution in [0.25, 0.3) is 0 Å². The third-order valence-corrected chi connectivity index (χ3v) is 2.10. The molecule has 0 heterocycles. The summed E-state index contributed by atoms with van der Waals surface area (Å²) in [6, 6.07) is -0.0509. The Bertz CT molecular complexity index is 258. The smallest absolute Gasteiger partial charge is 0.407 e. The van der Waals surface area contributed by atoms with E-state index in [1.54, 1.807) is 32.7 Å². The summed E-state index contributed by atoms with van der Waals surface area (Å²) in [7, 11) is 1.70. The molecule has 0 saturated carbocycles. The van der Waals surface area contributed by atoms with Crippen molar-refractivity contribution in [2.24, 2.45) is 0 Å². The number of rotatable bonds is 3. The van der Waals surface area contributed by atoms with Gasteiger partial charge in [0.15, 0.2) is 0 Å². The van der Waals surface area contributed by atoms with Crippen LogP contribution in [0.4, 0.5) is 4.79 Å². The van der Waals surface area contributed by atoms with Gasteiger partial charge >= 0.3 is 6.09 Å². The maximum Gasteiger partial charge on any atom is 0.407 e. The Morgan fingerprint density at radius 1 is 1.38 bits per heavy atom. The zero-order valence-corrected chi connectivity index (χ0v) is 11.0. The molecule has 1 N–H and O–H groups in total. The van der Waals surface area contributed by atoms with Gasteiger partial charge in [0.2, 0.25) is 5.91 Å². The first-order valence-electron chi connectivity index (χ1n) is 5.33. The molecule has 0 saturated heterocycles.